The minimum absolute atomic E-state index is 0.0669. The molecule has 1 heterocycles. The molecular formula is C13H17NO6S. The average Bonchev–Trinajstić information content (AvgIpc) is 2.46. The van der Waals surface area contributed by atoms with Gasteiger partial charge in [0.05, 0.1) is 11.3 Å². The van der Waals surface area contributed by atoms with E-state index < -0.39 is 16.0 Å². The number of carboxylic acids is 1. The van der Waals surface area contributed by atoms with E-state index in [0.29, 0.717) is 24.7 Å². The first-order valence-electron chi connectivity index (χ1n) is 6.56. The van der Waals surface area contributed by atoms with E-state index in [1.54, 1.807) is 13.0 Å². The summed E-state index contributed by atoms with van der Waals surface area (Å²) in [5.74, 6) is -0.142. The van der Waals surface area contributed by atoms with Crippen LogP contribution in [0.2, 0.25) is 0 Å². The fraction of sp³-hybridized carbons (Fsp3) is 0.462. The number of nitrogens with zero attached hydrogens (tertiary/aromatic N) is 1. The van der Waals surface area contributed by atoms with Gasteiger partial charge < -0.3 is 14.6 Å². The summed E-state index contributed by atoms with van der Waals surface area (Å²) in [6.45, 7) is 2.59. The number of hydrogen-bond donors (Lipinski definition) is 1. The van der Waals surface area contributed by atoms with Crippen molar-refractivity contribution in [2.45, 2.75) is 18.2 Å². The molecule has 1 aromatic rings. The predicted octanol–water partition coefficient (Wildman–Crippen LogP) is 0.943. The maximum atomic E-state index is 12.5. The van der Waals surface area contributed by atoms with E-state index in [0.717, 1.165) is 4.31 Å². The zero-order valence-corrected chi connectivity index (χ0v) is 12.4. The van der Waals surface area contributed by atoms with E-state index in [9.17, 15) is 13.2 Å². The van der Waals surface area contributed by atoms with E-state index in [1.807, 2.05) is 0 Å². The number of aliphatic carboxylic acids is 1. The van der Waals surface area contributed by atoms with Crippen LogP contribution in [0.5, 0.6) is 11.5 Å². The molecule has 0 saturated carbocycles. The Balaban J connectivity index is 2.27. The third-order valence-electron chi connectivity index (χ3n) is 3.08. The minimum Gasteiger partial charge on any atom is -0.486 e. The fourth-order valence-electron chi connectivity index (χ4n) is 2.00. The van der Waals surface area contributed by atoms with Crippen LogP contribution in [0.3, 0.4) is 0 Å². The first-order chi connectivity index (χ1) is 9.95. The predicted molar refractivity (Wildman–Crippen MR) is 74.1 cm³/mol. The number of carbonyl (C=O) groups is 1. The van der Waals surface area contributed by atoms with Crippen LogP contribution in [0.25, 0.3) is 0 Å². The van der Waals surface area contributed by atoms with Gasteiger partial charge in [0.2, 0.25) is 10.0 Å². The summed E-state index contributed by atoms with van der Waals surface area (Å²) in [4.78, 5) is 10.7. The molecule has 2 rings (SSSR count). The lowest BCUT2D eigenvalue weighted by Gasteiger charge is -2.22. The number of carboxylic acid groups (broad SMARTS) is 1. The Kier molecular flexibility index (Phi) is 4.69. The summed E-state index contributed by atoms with van der Waals surface area (Å²) in [6, 6.07) is 4.39. The smallest absolute Gasteiger partial charge is 0.304 e. The van der Waals surface area contributed by atoms with Gasteiger partial charge in [-0.3, -0.25) is 4.79 Å². The Morgan fingerprint density at radius 2 is 1.95 bits per heavy atom. The zero-order chi connectivity index (χ0) is 15.5. The quantitative estimate of drug-likeness (QED) is 0.840. The highest BCUT2D eigenvalue weighted by Gasteiger charge is 2.25. The van der Waals surface area contributed by atoms with Gasteiger partial charge in [-0.05, 0) is 12.1 Å². The molecule has 1 aliphatic heterocycles. The second-order valence-electron chi connectivity index (χ2n) is 4.45. The second-order valence-corrected chi connectivity index (χ2v) is 6.38. The summed E-state index contributed by atoms with van der Waals surface area (Å²) < 4.78 is 36.8. The van der Waals surface area contributed by atoms with E-state index in [4.69, 9.17) is 14.6 Å². The van der Waals surface area contributed by atoms with Gasteiger partial charge in [0.25, 0.3) is 0 Å². The van der Waals surface area contributed by atoms with Gasteiger partial charge >= 0.3 is 5.97 Å². The third kappa shape index (κ3) is 3.45. The molecule has 8 heteroatoms. The summed E-state index contributed by atoms with van der Waals surface area (Å²) in [5.41, 5.74) is 0. The maximum absolute atomic E-state index is 12.5. The van der Waals surface area contributed by atoms with Crippen molar-refractivity contribution in [3.63, 3.8) is 0 Å². The van der Waals surface area contributed by atoms with Crippen LogP contribution in [0.1, 0.15) is 13.3 Å². The Morgan fingerprint density at radius 1 is 1.29 bits per heavy atom. The van der Waals surface area contributed by atoms with Gasteiger partial charge in [-0.1, -0.05) is 6.92 Å². The summed E-state index contributed by atoms with van der Waals surface area (Å²) >= 11 is 0. The normalized spacial score (nSPS) is 14.2. The molecule has 116 valence electrons. The molecule has 0 unspecified atom stereocenters. The average molecular weight is 315 g/mol. The number of hydrogen-bond acceptors (Lipinski definition) is 5. The van der Waals surface area contributed by atoms with Crippen LogP contribution in [0.15, 0.2) is 23.1 Å². The van der Waals surface area contributed by atoms with E-state index in [2.05, 4.69) is 0 Å². The number of sulfonamides is 1. The second kappa shape index (κ2) is 6.31. The lowest BCUT2D eigenvalue weighted by Crippen LogP contribution is -2.33. The molecule has 7 nitrogen and oxygen atoms in total. The first kappa shape index (κ1) is 15.6. The Labute approximate surface area is 123 Å². The highest BCUT2D eigenvalue weighted by molar-refractivity contribution is 7.89. The molecule has 0 atom stereocenters. The molecule has 21 heavy (non-hydrogen) atoms. The van der Waals surface area contributed by atoms with Crippen LogP contribution in [0.4, 0.5) is 0 Å². The Bertz CT molecular complexity index is 628. The highest BCUT2D eigenvalue weighted by atomic mass is 32.2. The van der Waals surface area contributed by atoms with Gasteiger partial charge in [-0.2, -0.15) is 4.31 Å². The van der Waals surface area contributed by atoms with Gasteiger partial charge in [-0.25, -0.2) is 8.42 Å². The fourth-order valence-corrected chi connectivity index (χ4v) is 3.47. The Hall–Kier alpha value is -1.80. The van der Waals surface area contributed by atoms with E-state index in [1.165, 1.54) is 12.1 Å². The number of ether oxygens (including phenoxy) is 2. The van der Waals surface area contributed by atoms with Gasteiger partial charge in [0.15, 0.2) is 11.5 Å². The standard InChI is InChI=1S/C13H17NO6S/c1-2-14(6-5-13(15)16)21(17,18)10-3-4-11-12(9-10)20-8-7-19-11/h3-4,9H,2,5-8H2,1H3,(H,15,16). The molecular weight excluding hydrogens is 298 g/mol. The monoisotopic (exact) mass is 315 g/mol. The van der Waals surface area contributed by atoms with Gasteiger partial charge in [-0.15, -0.1) is 0 Å². The van der Waals surface area contributed by atoms with Crippen LogP contribution in [0, 0.1) is 0 Å². The van der Waals surface area contributed by atoms with Crippen molar-refractivity contribution in [2.24, 2.45) is 0 Å². The van der Waals surface area contributed by atoms with Crippen molar-refractivity contribution < 1.29 is 27.8 Å². The lowest BCUT2D eigenvalue weighted by molar-refractivity contribution is -0.137. The van der Waals surface area contributed by atoms with Crippen molar-refractivity contribution in [1.82, 2.24) is 4.31 Å². The molecule has 0 aliphatic carbocycles. The van der Waals surface area contributed by atoms with Crippen molar-refractivity contribution >= 4 is 16.0 Å². The molecule has 1 aliphatic rings. The molecule has 0 amide bonds. The lowest BCUT2D eigenvalue weighted by atomic mass is 10.3. The molecule has 0 aromatic heterocycles. The van der Waals surface area contributed by atoms with Crippen molar-refractivity contribution in [1.29, 1.82) is 0 Å². The number of fused-ring (bicyclic) bond motifs is 1. The van der Waals surface area contributed by atoms with Crippen molar-refractivity contribution in [2.75, 3.05) is 26.3 Å². The molecule has 1 N–H and O–H groups in total. The largest absolute Gasteiger partial charge is 0.486 e. The minimum atomic E-state index is -3.75. The summed E-state index contributed by atoms with van der Waals surface area (Å²) in [5, 5.41) is 8.69. The van der Waals surface area contributed by atoms with Crippen LogP contribution in [-0.2, 0) is 14.8 Å². The maximum Gasteiger partial charge on any atom is 0.304 e. The van der Waals surface area contributed by atoms with Gasteiger partial charge in [0, 0.05) is 19.2 Å². The van der Waals surface area contributed by atoms with E-state index in [-0.39, 0.29) is 24.4 Å². The van der Waals surface area contributed by atoms with Crippen LogP contribution >= 0.6 is 0 Å². The zero-order valence-electron chi connectivity index (χ0n) is 11.6. The third-order valence-corrected chi connectivity index (χ3v) is 5.05. The molecule has 0 fully saturated rings. The summed E-state index contributed by atoms with van der Waals surface area (Å²) in [6.07, 6.45) is -0.238. The molecule has 0 spiro atoms. The van der Waals surface area contributed by atoms with Crippen LogP contribution in [-0.4, -0.2) is 50.1 Å². The van der Waals surface area contributed by atoms with Crippen molar-refractivity contribution in [3.8, 4) is 11.5 Å². The molecule has 0 saturated heterocycles. The van der Waals surface area contributed by atoms with Crippen molar-refractivity contribution in [3.05, 3.63) is 18.2 Å². The summed E-state index contributed by atoms with van der Waals surface area (Å²) in [7, 11) is -3.75. The first-order valence-corrected chi connectivity index (χ1v) is 8.00. The van der Waals surface area contributed by atoms with E-state index >= 15 is 0 Å². The Morgan fingerprint density at radius 3 is 2.57 bits per heavy atom. The topological polar surface area (TPSA) is 93.1 Å². The molecule has 1 aromatic carbocycles. The molecule has 0 radical (unpaired) electrons. The molecule has 0 bridgehead atoms. The van der Waals surface area contributed by atoms with Gasteiger partial charge in [0.1, 0.15) is 13.2 Å². The number of benzene rings is 1. The highest BCUT2D eigenvalue weighted by Crippen LogP contribution is 2.33. The van der Waals surface area contributed by atoms with Crippen LogP contribution < -0.4 is 9.47 Å². The SMILES string of the molecule is CCN(CCC(=O)O)S(=O)(=O)c1ccc2c(c1)OCCO2. The number of rotatable bonds is 6.